The molecule has 0 aromatic heterocycles. The lowest BCUT2D eigenvalue weighted by molar-refractivity contribution is -0.123. The van der Waals surface area contributed by atoms with Gasteiger partial charge in [0, 0.05) is 11.6 Å². The number of ether oxygens (including phenoxy) is 3. The molecule has 4 rings (SSSR count). The lowest BCUT2D eigenvalue weighted by Gasteiger charge is -2.18. The first-order valence-electron chi connectivity index (χ1n) is 9.97. The second-order valence-corrected chi connectivity index (χ2v) is 9.35. The molecule has 6 nitrogen and oxygen atoms in total. The highest BCUT2D eigenvalue weighted by Gasteiger charge is 2.34. The van der Waals surface area contributed by atoms with Crippen molar-refractivity contribution in [3.63, 3.8) is 0 Å². The standard InChI is InChI=1S/C23H20ClNO5S2/c1-28-19-11-14(4-9-18(19)30-22(27)15-5-7-16(24)8-6-15)12-20-21(26)25(23(31)32-20)13-17-3-2-10-29-17/h4-9,11-12,17H,2-3,10,13H2,1H3/b20-12+/t17-/m1/s1. The summed E-state index contributed by atoms with van der Waals surface area (Å²) in [5, 5.41) is 0.532. The molecule has 0 aliphatic carbocycles. The maximum absolute atomic E-state index is 12.8. The van der Waals surface area contributed by atoms with Crippen molar-refractivity contribution in [2.75, 3.05) is 20.3 Å². The van der Waals surface area contributed by atoms with Crippen LogP contribution in [0.1, 0.15) is 28.8 Å². The van der Waals surface area contributed by atoms with Crippen molar-refractivity contribution >= 4 is 57.9 Å². The molecule has 9 heteroatoms. The van der Waals surface area contributed by atoms with Crippen LogP contribution in [0.4, 0.5) is 0 Å². The molecule has 1 atom stereocenters. The van der Waals surface area contributed by atoms with Crippen molar-refractivity contribution < 1.29 is 23.8 Å². The third kappa shape index (κ3) is 5.15. The Labute approximate surface area is 200 Å². The average Bonchev–Trinajstić information content (AvgIpc) is 3.39. The Bertz CT molecular complexity index is 1080. The Morgan fingerprint density at radius 3 is 2.75 bits per heavy atom. The van der Waals surface area contributed by atoms with Crippen LogP contribution in [0.5, 0.6) is 11.5 Å². The minimum absolute atomic E-state index is 0.0338. The third-order valence-electron chi connectivity index (χ3n) is 5.05. The first-order chi connectivity index (χ1) is 15.4. The van der Waals surface area contributed by atoms with Crippen molar-refractivity contribution in [3.8, 4) is 11.5 Å². The quantitative estimate of drug-likeness (QED) is 0.246. The maximum atomic E-state index is 12.8. The first-order valence-corrected chi connectivity index (χ1v) is 11.6. The molecule has 2 aromatic carbocycles. The summed E-state index contributed by atoms with van der Waals surface area (Å²) in [7, 11) is 1.49. The van der Waals surface area contributed by atoms with Crippen LogP contribution in [-0.2, 0) is 9.53 Å². The molecule has 2 saturated heterocycles. The summed E-state index contributed by atoms with van der Waals surface area (Å²) in [6.07, 6.45) is 3.72. The summed E-state index contributed by atoms with van der Waals surface area (Å²) in [6, 6.07) is 11.5. The van der Waals surface area contributed by atoms with Gasteiger partial charge >= 0.3 is 5.97 Å². The van der Waals surface area contributed by atoms with E-state index in [0.717, 1.165) is 25.0 Å². The van der Waals surface area contributed by atoms with Crippen LogP contribution in [0.25, 0.3) is 6.08 Å². The van der Waals surface area contributed by atoms with Crippen molar-refractivity contribution in [1.29, 1.82) is 0 Å². The van der Waals surface area contributed by atoms with Crippen molar-refractivity contribution in [3.05, 3.63) is 63.5 Å². The number of carbonyl (C=O) groups excluding carboxylic acids is 2. The molecule has 0 radical (unpaired) electrons. The SMILES string of the molecule is COc1cc(/C=C2/SC(=S)N(C[C@H]3CCCO3)C2=O)ccc1OC(=O)c1ccc(Cl)cc1. The second kappa shape index (κ2) is 10.0. The van der Waals surface area contributed by atoms with Gasteiger partial charge in [0.1, 0.15) is 4.32 Å². The number of hydrogen-bond acceptors (Lipinski definition) is 7. The van der Waals surface area contributed by atoms with E-state index >= 15 is 0 Å². The fourth-order valence-electron chi connectivity index (χ4n) is 3.40. The minimum atomic E-state index is -0.525. The molecule has 0 unspecified atom stereocenters. The highest BCUT2D eigenvalue weighted by molar-refractivity contribution is 8.26. The van der Waals surface area contributed by atoms with Gasteiger partial charge in [0.15, 0.2) is 11.5 Å². The number of benzene rings is 2. The molecule has 0 saturated carbocycles. The highest BCUT2D eigenvalue weighted by Crippen LogP contribution is 2.35. The fourth-order valence-corrected chi connectivity index (χ4v) is 4.80. The van der Waals surface area contributed by atoms with Crippen LogP contribution >= 0.6 is 35.6 Å². The number of carbonyl (C=O) groups is 2. The van der Waals surface area contributed by atoms with E-state index in [9.17, 15) is 9.59 Å². The number of thioether (sulfide) groups is 1. The molecule has 2 aliphatic rings. The van der Waals surface area contributed by atoms with Gasteiger partial charge in [0.2, 0.25) is 0 Å². The van der Waals surface area contributed by atoms with Gasteiger partial charge in [-0.2, -0.15) is 0 Å². The molecular weight excluding hydrogens is 470 g/mol. The largest absolute Gasteiger partial charge is 0.493 e. The molecule has 2 fully saturated rings. The minimum Gasteiger partial charge on any atom is -0.493 e. The van der Waals surface area contributed by atoms with Crippen LogP contribution in [0, 0.1) is 0 Å². The number of hydrogen-bond donors (Lipinski definition) is 0. The maximum Gasteiger partial charge on any atom is 0.343 e. The Balaban J connectivity index is 1.49. The predicted octanol–water partition coefficient (Wildman–Crippen LogP) is 4.95. The summed E-state index contributed by atoms with van der Waals surface area (Å²) in [5.74, 6) is -0.0122. The molecule has 32 heavy (non-hydrogen) atoms. The van der Waals surface area contributed by atoms with Gasteiger partial charge in [-0.15, -0.1) is 0 Å². The Morgan fingerprint density at radius 1 is 1.28 bits per heavy atom. The Hall–Kier alpha value is -2.39. The van der Waals surface area contributed by atoms with E-state index in [-0.39, 0.29) is 17.8 Å². The Morgan fingerprint density at radius 2 is 2.06 bits per heavy atom. The van der Waals surface area contributed by atoms with E-state index in [0.29, 0.717) is 32.1 Å². The van der Waals surface area contributed by atoms with Gasteiger partial charge in [0.05, 0.1) is 30.2 Å². The number of nitrogens with zero attached hydrogens (tertiary/aromatic N) is 1. The zero-order chi connectivity index (χ0) is 22.7. The number of methoxy groups -OCH3 is 1. The predicted molar refractivity (Wildman–Crippen MR) is 128 cm³/mol. The van der Waals surface area contributed by atoms with Gasteiger partial charge in [-0.25, -0.2) is 4.79 Å². The molecule has 2 heterocycles. The number of halogens is 1. The smallest absolute Gasteiger partial charge is 0.343 e. The van der Waals surface area contributed by atoms with E-state index in [2.05, 4.69) is 0 Å². The number of rotatable bonds is 6. The first kappa shape index (κ1) is 22.8. The van der Waals surface area contributed by atoms with E-state index in [1.807, 2.05) is 0 Å². The van der Waals surface area contributed by atoms with Crippen LogP contribution in [0.15, 0.2) is 47.4 Å². The summed E-state index contributed by atoms with van der Waals surface area (Å²) >= 11 is 12.5. The normalized spacial score (nSPS) is 19.6. The third-order valence-corrected chi connectivity index (χ3v) is 6.68. The van der Waals surface area contributed by atoms with Gasteiger partial charge < -0.3 is 14.2 Å². The fraction of sp³-hybridized carbons (Fsp3) is 0.261. The lowest BCUT2D eigenvalue weighted by Crippen LogP contribution is -2.35. The molecule has 0 bridgehead atoms. The zero-order valence-corrected chi connectivity index (χ0v) is 19.6. The van der Waals surface area contributed by atoms with Crippen LogP contribution in [0.3, 0.4) is 0 Å². The summed E-state index contributed by atoms with van der Waals surface area (Å²) in [6.45, 7) is 1.20. The number of amides is 1. The number of thiocarbonyl (C=S) groups is 1. The van der Waals surface area contributed by atoms with E-state index in [1.54, 1.807) is 53.4 Å². The molecule has 2 aliphatic heterocycles. The van der Waals surface area contributed by atoms with Crippen LogP contribution < -0.4 is 9.47 Å². The van der Waals surface area contributed by atoms with Crippen molar-refractivity contribution in [2.45, 2.75) is 18.9 Å². The van der Waals surface area contributed by atoms with E-state index in [1.165, 1.54) is 18.9 Å². The molecule has 2 aromatic rings. The monoisotopic (exact) mass is 489 g/mol. The van der Waals surface area contributed by atoms with Crippen molar-refractivity contribution in [1.82, 2.24) is 4.90 Å². The molecule has 0 spiro atoms. The molecule has 0 N–H and O–H groups in total. The van der Waals surface area contributed by atoms with E-state index in [4.69, 9.17) is 38.0 Å². The second-order valence-electron chi connectivity index (χ2n) is 7.23. The summed E-state index contributed by atoms with van der Waals surface area (Å²) < 4.78 is 17.0. The number of esters is 1. The van der Waals surface area contributed by atoms with Crippen molar-refractivity contribution in [2.24, 2.45) is 0 Å². The highest BCUT2D eigenvalue weighted by atomic mass is 35.5. The summed E-state index contributed by atoms with van der Waals surface area (Å²) in [5.41, 5.74) is 1.10. The average molecular weight is 490 g/mol. The van der Waals surface area contributed by atoms with Gasteiger partial charge in [0.25, 0.3) is 5.91 Å². The summed E-state index contributed by atoms with van der Waals surface area (Å²) in [4.78, 5) is 27.4. The van der Waals surface area contributed by atoms with Gasteiger partial charge in [-0.05, 0) is 60.9 Å². The molecule has 166 valence electrons. The molecular formula is C23H20ClNO5S2. The van der Waals surface area contributed by atoms with Crippen LogP contribution in [0.2, 0.25) is 5.02 Å². The van der Waals surface area contributed by atoms with Gasteiger partial charge in [-0.1, -0.05) is 41.6 Å². The lowest BCUT2D eigenvalue weighted by atomic mass is 10.1. The molecule has 1 amide bonds. The van der Waals surface area contributed by atoms with E-state index < -0.39 is 5.97 Å². The Kier molecular flexibility index (Phi) is 7.15. The topological polar surface area (TPSA) is 65.1 Å². The zero-order valence-electron chi connectivity index (χ0n) is 17.2. The van der Waals surface area contributed by atoms with Gasteiger partial charge in [-0.3, -0.25) is 9.69 Å². The van der Waals surface area contributed by atoms with Crippen LogP contribution in [-0.4, -0.2) is 47.5 Å².